The summed E-state index contributed by atoms with van der Waals surface area (Å²) >= 11 is 2.08. The standard InChI is InChI=1S/C19H21N9O6S2/c20-19-25-13(27-36-19)10(26-34)15(30)24-11-16(31)28-12(18(32)33)8(5-35-17(11)28)9(6-3-22-23-4-6)7-1-2-21-14(7)29/h6,11,17,22-23,34H,1-5H2,(H,21,29)(H,24,30)(H,32,33)(H2,20,25,27). The number of β-lactam (4-membered cyclic amide) rings is 1. The molecule has 1 aromatic heterocycles. The first kappa shape index (κ1) is 24.2. The van der Waals surface area contributed by atoms with Crippen molar-refractivity contribution in [3.05, 3.63) is 28.2 Å². The number of hydrogen-bond acceptors (Lipinski definition) is 13. The zero-order valence-corrected chi connectivity index (χ0v) is 20.1. The topological polar surface area (TPSA) is 224 Å². The summed E-state index contributed by atoms with van der Waals surface area (Å²) in [6.45, 7) is 1.46. The van der Waals surface area contributed by atoms with E-state index in [1.807, 2.05) is 0 Å². The largest absolute Gasteiger partial charge is 0.477 e. The molecule has 0 aromatic carbocycles. The number of anilines is 1. The molecule has 4 aliphatic heterocycles. The number of carboxylic acids is 1. The Hall–Kier alpha value is -3.54. The molecule has 3 fully saturated rings. The maximum absolute atomic E-state index is 13.1. The van der Waals surface area contributed by atoms with E-state index >= 15 is 0 Å². The smallest absolute Gasteiger partial charge is 0.352 e. The maximum Gasteiger partial charge on any atom is 0.352 e. The average Bonchev–Trinajstić information content (AvgIpc) is 3.62. The monoisotopic (exact) mass is 535 g/mol. The van der Waals surface area contributed by atoms with Crippen LogP contribution in [0.25, 0.3) is 0 Å². The molecule has 1 aromatic rings. The number of carbonyl (C=O) groups is 4. The van der Waals surface area contributed by atoms with Crippen LogP contribution in [0.1, 0.15) is 12.2 Å². The van der Waals surface area contributed by atoms with Crippen LogP contribution in [0.5, 0.6) is 0 Å². The Bertz CT molecular complexity index is 1250. The number of oxime groups is 1. The number of fused-ring (bicyclic) bond motifs is 1. The Labute approximate surface area is 211 Å². The molecule has 3 amide bonds. The molecule has 8 N–H and O–H groups in total. The number of carboxylic acid groups (broad SMARTS) is 1. The molecule has 190 valence electrons. The van der Waals surface area contributed by atoms with E-state index in [0.717, 1.165) is 16.4 Å². The van der Waals surface area contributed by atoms with Crippen molar-refractivity contribution in [2.24, 2.45) is 11.1 Å². The van der Waals surface area contributed by atoms with Crippen LogP contribution >= 0.6 is 23.3 Å². The lowest BCUT2D eigenvalue weighted by atomic mass is 9.86. The third-order valence-electron chi connectivity index (χ3n) is 6.24. The number of nitrogens with two attached hydrogens (primary N) is 1. The first-order chi connectivity index (χ1) is 17.3. The van der Waals surface area contributed by atoms with Crippen LogP contribution in [-0.4, -0.2) is 90.8 Å². The van der Waals surface area contributed by atoms with Gasteiger partial charge in [0.05, 0.1) is 0 Å². The van der Waals surface area contributed by atoms with Crippen molar-refractivity contribution in [1.29, 1.82) is 0 Å². The molecule has 17 heteroatoms. The summed E-state index contributed by atoms with van der Waals surface area (Å²) in [7, 11) is 0. The number of nitrogens with one attached hydrogen (secondary N) is 4. The highest BCUT2D eigenvalue weighted by atomic mass is 32.2. The SMILES string of the molecule is Nc1nc(C(=NO)C(=O)NC2C(=O)N3C(C(=O)O)=C(C(=C4CCNC4=O)C4CNNC4)CSC23)ns1. The number of rotatable bonds is 6. The Morgan fingerprint density at radius 2 is 2.00 bits per heavy atom. The number of hydrazine groups is 1. The molecule has 36 heavy (non-hydrogen) atoms. The first-order valence-corrected chi connectivity index (χ1v) is 12.6. The molecule has 15 nitrogen and oxygen atoms in total. The number of aromatic nitrogens is 2. The van der Waals surface area contributed by atoms with Crippen molar-refractivity contribution in [2.45, 2.75) is 17.8 Å². The molecule has 0 aliphatic carbocycles. The summed E-state index contributed by atoms with van der Waals surface area (Å²) in [6.07, 6.45) is 0.459. The molecular weight excluding hydrogens is 514 g/mol. The van der Waals surface area contributed by atoms with Crippen molar-refractivity contribution in [1.82, 2.24) is 35.7 Å². The zero-order valence-electron chi connectivity index (χ0n) is 18.5. The van der Waals surface area contributed by atoms with Gasteiger partial charge in [-0.05, 0) is 17.6 Å². The van der Waals surface area contributed by atoms with Gasteiger partial charge in [-0.25, -0.2) is 4.79 Å². The lowest BCUT2D eigenvalue weighted by Crippen LogP contribution is -2.71. The normalized spacial score (nSPS) is 26.0. The molecule has 5 rings (SSSR count). The molecule has 5 heterocycles. The van der Waals surface area contributed by atoms with E-state index in [1.165, 1.54) is 11.8 Å². The third kappa shape index (κ3) is 3.98. The minimum Gasteiger partial charge on any atom is -0.477 e. The van der Waals surface area contributed by atoms with E-state index in [0.29, 0.717) is 42.8 Å². The third-order valence-corrected chi connectivity index (χ3v) is 8.06. The van der Waals surface area contributed by atoms with Gasteiger partial charge in [0.1, 0.15) is 17.1 Å². The van der Waals surface area contributed by atoms with Crippen LogP contribution in [0.15, 0.2) is 27.6 Å². The fourth-order valence-electron chi connectivity index (χ4n) is 4.68. The van der Waals surface area contributed by atoms with Crippen LogP contribution < -0.4 is 27.2 Å². The van der Waals surface area contributed by atoms with Gasteiger partial charge < -0.3 is 26.7 Å². The minimum atomic E-state index is -1.30. The average molecular weight is 536 g/mol. The van der Waals surface area contributed by atoms with Crippen LogP contribution in [0.4, 0.5) is 5.13 Å². The van der Waals surface area contributed by atoms with Crippen LogP contribution in [0, 0.1) is 5.92 Å². The lowest BCUT2D eigenvalue weighted by molar-refractivity contribution is -0.150. The number of aliphatic carboxylic acids is 1. The summed E-state index contributed by atoms with van der Waals surface area (Å²) in [4.78, 5) is 55.7. The van der Waals surface area contributed by atoms with E-state index in [4.69, 9.17) is 5.73 Å². The molecule has 0 saturated carbocycles. The van der Waals surface area contributed by atoms with Crippen LogP contribution in [0.2, 0.25) is 0 Å². The van der Waals surface area contributed by atoms with Crippen molar-refractivity contribution in [2.75, 3.05) is 31.1 Å². The van der Waals surface area contributed by atoms with Crippen molar-refractivity contribution >= 4 is 57.8 Å². The maximum atomic E-state index is 13.1. The van der Waals surface area contributed by atoms with E-state index in [-0.39, 0.29) is 34.2 Å². The molecule has 0 bridgehead atoms. The number of nitrogen functional groups attached to an aromatic ring is 1. The Balaban J connectivity index is 1.44. The first-order valence-electron chi connectivity index (χ1n) is 10.8. The van der Waals surface area contributed by atoms with Gasteiger partial charge in [0.2, 0.25) is 17.4 Å². The number of nitrogens with zero attached hydrogens (tertiary/aromatic N) is 4. The highest BCUT2D eigenvalue weighted by Gasteiger charge is 2.55. The zero-order chi connectivity index (χ0) is 25.6. The summed E-state index contributed by atoms with van der Waals surface area (Å²) in [6, 6.07) is -1.06. The van der Waals surface area contributed by atoms with Crippen LogP contribution in [0.3, 0.4) is 0 Å². The van der Waals surface area contributed by atoms with Crippen molar-refractivity contribution in [3.8, 4) is 0 Å². The Morgan fingerprint density at radius 1 is 1.25 bits per heavy atom. The molecule has 2 unspecified atom stereocenters. The Kier molecular flexibility index (Phi) is 6.37. The number of thioether (sulfide) groups is 1. The predicted octanol–water partition coefficient (Wildman–Crippen LogP) is -2.42. The fourth-order valence-corrected chi connectivity index (χ4v) is 6.48. The van der Waals surface area contributed by atoms with Gasteiger partial charge in [-0.1, -0.05) is 5.16 Å². The predicted molar refractivity (Wildman–Crippen MR) is 126 cm³/mol. The number of amides is 3. The van der Waals surface area contributed by atoms with E-state index < -0.39 is 34.9 Å². The molecule has 4 aliphatic rings. The summed E-state index contributed by atoms with van der Waals surface area (Å²) in [5.74, 6) is -3.22. The summed E-state index contributed by atoms with van der Waals surface area (Å²) < 4.78 is 3.83. The van der Waals surface area contributed by atoms with Gasteiger partial charge in [0, 0.05) is 48.4 Å². The van der Waals surface area contributed by atoms with Crippen LogP contribution in [-0.2, 0) is 19.2 Å². The second-order valence-corrected chi connectivity index (χ2v) is 10.1. The number of carbonyl (C=O) groups excluding carboxylic acids is 3. The molecule has 2 atom stereocenters. The highest BCUT2D eigenvalue weighted by molar-refractivity contribution is 8.00. The van der Waals surface area contributed by atoms with Gasteiger partial charge in [-0.3, -0.25) is 30.1 Å². The Morgan fingerprint density at radius 3 is 2.58 bits per heavy atom. The van der Waals surface area contributed by atoms with Gasteiger partial charge in [0.25, 0.3) is 11.8 Å². The van der Waals surface area contributed by atoms with E-state index in [1.54, 1.807) is 0 Å². The lowest BCUT2D eigenvalue weighted by Gasteiger charge is -2.49. The number of hydrogen-bond donors (Lipinski definition) is 7. The summed E-state index contributed by atoms with van der Waals surface area (Å²) in [5.41, 5.74) is 12.4. The summed E-state index contributed by atoms with van der Waals surface area (Å²) in [5, 5.41) is 26.9. The van der Waals surface area contributed by atoms with Crippen molar-refractivity contribution in [3.63, 3.8) is 0 Å². The second kappa shape index (κ2) is 9.49. The molecular formula is C19H21N9O6S2. The second-order valence-electron chi connectivity index (χ2n) is 8.25. The van der Waals surface area contributed by atoms with E-state index in [9.17, 15) is 29.5 Å². The van der Waals surface area contributed by atoms with E-state index in [2.05, 4.69) is 36.0 Å². The van der Waals surface area contributed by atoms with Gasteiger partial charge >= 0.3 is 5.97 Å². The van der Waals surface area contributed by atoms with Gasteiger partial charge in [-0.2, -0.15) is 9.36 Å². The quantitative estimate of drug-likeness (QED) is 0.0664. The van der Waals surface area contributed by atoms with Crippen molar-refractivity contribution < 1.29 is 29.5 Å². The molecule has 0 radical (unpaired) electrons. The van der Waals surface area contributed by atoms with Gasteiger partial charge in [-0.15, -0.1) is 11.8 Å². The fraction of sp³-hybridized carbons (Fsp3) is 0.421. The molecule has 0 spiro atoms. The molecule has 3 saturated heterocycles. The highest BCUT2D eigenvalue weighted by Crippen LogP contribution is 2.44. The van der Waals surface area contributed by atoms with Gasteiger partial charge in [0.15, 0.2) is 5.13 Å². The minimum absolute atomic E-state index is 0.0602.